The van der Waals surface area contributed by atoms with Crippen molar-refractivity contribution in [3.05, 3.63) is 35.9 Å². The Balaban J connectivity index is 1.34. The van der Waals surface area contributed by atoms with Crippen molar-refractivity contribution in [1.29, 1.82) is 0 Å². The molecule has 1 aliphatic carbocycles. The zero-order valence-corrected chi connectivity index (χ0v) is 13.8. The zero-order valence-electron chi connectivity index (χ0n) is 13.8. The van der Waals surface area contributed by atoms with Gasteiger partial charge in [-0.15, -0.1) is 0 Å². The quantitative estimate of drug-likeness (QED) is 0.838. The molecule has 23 heavy (non-hydrogen) atoms. The third kappa shape index (κ3) is 2.09. The van der Waals surface area contributed by atoms with E-state index in [4.69, 9.17) is 0 Å². The van der Waals surface area contributed by atoms with Gasteiger partial charge in [-0.1, -0.05) is 36.8 Å². The fraction of sp³-hybridized carbons (Fsp3) is 0.650. The summed E-state index contributed by atoms with van der Waals surface area (Å²) >= 11 is 0. The predicted molar refractivity (Wildman–Crippen MR) is 90.1 cm³/mol. The number of fused-ring (bicyclic) bond motifs is 3. The number of hydrogen-bond donors (Lipinski definition) is 0. The molecule has 1 aromatic rings. The molecule has 3 nitrogen and oxygen atoms in total. The maximum Gasteiger partial charge on any atom is 0.233 e. The third-order valence-corrected chi connectivity index (χ3v) is 6.89. The molecular formula is C20H26N2O. The first-order chi connectivity index (χ1) is 11.3. The molecule has 5 rings (SSSR count). The summed E-state index contributed by atoms with van der Waals surface area (Å²) in [6, 6.07) is 11.2. The van der Waals surface area contributed by atoms with Crippen LogP contribution in [0.4, 0.5) is 0 Å². The smallest absolute Gasteiger partial charge is 0.233 e. The summed E-state index contributed by atoms with van der Waals surface area (Å²) in [6.07, 6.45) is 6.18. The summed E-state index contributed by atoms with van der Waals surface area (Å²) in [6.45, 7) is 4.54. The number of carbonyl (C=O) groups excluding carboxylic acids is 1. The van der Waals surface area contributed by atoms with Crippen molar-refractivity contribution in [3.8, 4) is 0 Å². The molecule has 3 heteroatoms. The van der Waals surface area contributed by atoms with E-state index in [0.717, 1.165) is 43.8 Å². The Morgan fingerprint density at radius 2 is 1.87 bits per heavy atom. The van der Waals surface area contributed by atoms with Gasteiger partial charge in [0.15, 0.2) is 0 Å². The van der Waals surface area contributed by atoms with E-state index in [2.05, 4.69) is 34.1 Å². The van der Waals surface area contributed by atoms with Crippen molar-refractivity contribution < 1.29 is 4.79 Å². The van der Waals surface area contributed by atoms with Gasteiger partial charge < -0.3 is 4.90 Å². The maximum absolute atomic E-state index is 13.2. The Morgan fingerprint density at radius 1 is 1.04 bits per heavy atom. The Labute approximate surface area is 138 Å². The van der Waals surface area contributed by atoms with Crippen LogP contribution in [0.2, 0.25) is 0 Å². The third-order valence-electron chi connectivity index (χ3n) is 6.89. The van der Waals surface area contributed by atoms with Gasteiger partial charge in [0.25, 0.3) is 0 Å². The second-order valence-corrected chi connectivity index (χ2v) is 8.14. The molecule has 0 bridgehead atoms. The number of nitrogens with zero attached hydrogens (tertiary/aromatic N) is 2. The largest absolute Gasteiger partial charge is 0.341 e. The molecule has 122 valence electrons. The van der Waals surface area contributed by atoms with Gasteiger partial charge in [-0.3, -0.25) is 9.69 Å². The minimum atomic E-state index is -0.174. The molecule has 4 aliphatic rings. The molecule has 0 unspecified atom stereocenters. The van der Waals surface area contributed by atoms with Crippen LogP contribution in [0, 0.1) is 11.8 Å². The Bertz CT molecular complexity index is 609. The monoisotopic (exact) mass is 310 g/mol. The van der Waals surface area contributed by atoms with Crippen LogP contribution in [-0.2, 0) is 10.2 Å². The van der Waals surface area contributed by atoms with Gasteiger partial charge in [0.2, 0.25) is 5.91 Å². The van der Waals surface area contributed by atoms with E-state index in [-0.39, 0.29) is 5.41 Å². The topological polar surface area (TPSA) is 23.6 Å². The molecule has 1 aromatic carbocycles. The van der Waals surface area contributed by atoms with Crippen molar-refractivity contribution in [3.63, 3.8) is 0 Å². The molecule has 3 aliphatic heterocycles. The molecule has 0 spiro atoms. The van der Waals surface area contributed by atoms with E-state index < -0.39 is 0 Å². The normalized spacial score (nSPS) is 35.0. The molecule has 1 saturated carbocycles. The average molecular weight is 310 g/mol. The lowest BCUT2D eigenvalue weighted by Crippen LogP contribution is -2.43. The van der Waals surface area contributed by atoms with Gasteiger partial charge in [0.05, 0.1) is 5.41 Å². The second kappa shape index (κ2) is 5.07. The van der Waals surface area contributed by atoms with Crippen LogP contribution < -0.4 is 0 Å². The number of benzene rings is 1. The van der Waals surface area contributed by atoms with Crippen LogP contribution >= 0.6 is 0 Å². The SMILES string of the molecule is O=C(N1C[C@@H]2CN3CCCC[C@@H]3[C@H]2C1)C1(c2ccccc2)CC1. The highest BCUT2D eigenvalue weighted by Gasteiger charge is 2.56. The van der Waals surface area contributed by atoms with Gasteiger partial charge in [-0.2, -0.15) is 0 Å². The van der Waals surface area contributed by atoms with Crippen molar-refractivity contribution in [2.75, 3.05) is 26.2 Å². The van der Waals surface area contributed by atoms with E-state index in [1.165, 1.54) is 37.9 Å². The lowest BCUT2D eigenvalue weighted by atomic mass is 9.90. The fourth-order valence-corrected chi connectivity index (χ4v) is 5.53. The summed E-state index contributed by atoms with van der Waals surface area (Å²) in [4.78, 5) is 18.2. The van der Waals surface area contributed by atoms with Crippen LogP contribution in [0.25, 0.3) is 0 Å². The van der Waals surface area contributed by atoms with Gasteiger partial charge >= 0.3 is 0 Å². The van der Waals surface area contributed by atoms with E-state index in [0.29, 0.717) is 5.91 Å². The number of hydrogen-bond acceptors (Lipinski definition) is 2. The lowest BCUT2D eigenvalue weighted by Gasteiger charge is -2.33. The van der Waals surface area contributed by atoms with Crippen LogP contribution in [0.3, 0.4) is 0 Å². The van der Waals surface area contributed by atoms with Crippen LogP contribution in [0.1, 0.15) is 37.7 Å². The molecule has 3 atom stereocenters. The molecule has 3 heterocycles. The molecule has 0 radical (unpaired) electrons. The number of carbonyl (C=O) groups is 1. The minimum absolute atomic E-state index is 0.174. The van der Waals surface area contributed by atoms with Crippen LogP contribution in [0.15, 0.2) is 30.3 Å². The van der Waals surface area contributed by atoms with Gasteiger partial charge in [0, 0.05) is 25.7 Å². The summed E-state index contributed by atoms with van der Waals surface area (Å²) in [7, 11) is 0. The minimum Gasteiger partial charge on any atom is -0.341 e. The van der Waals surface area contributed by atoms with E-state index in [1.54, 1.807) is 0 Å². The predicted octanol–water partition coefficient (Wildman–Crippen LogP) is 2.66. The first kappa shape index (κ1) is 14.0. The van der Waals surface area contributed by atoms with Gasteiger partial charge in [0.1, 0.15) is 0 Å². The Kier molecular flexibility index (Phi) is 3.09. The van der Waals surface area contributed by atoms with Crippen molar-refractivity contribution in [2.45, 2.75) is 43.6 Å². The standard InChI is InChI=1S/C20H26N2O/c23-19(20(9-10-20)16-6-2-1-3-7-16)22-13-15-12-21-11-5-4-8-18(21)17(15)14-22/h1-3,6-7,15,17-18H,4-5,8-14H2/t15-,17-,18+/m0/s1. The summed E-state index contributed by atoms with van der Waals surface area (Å²) in [5.41, 5.74) is 1.06. The number of piperidine rings is 1. The highest BCUT2D eigenvalue weighted by molar-refractivity contribution is 5.91. The van der Waals surface area contributed by atoms with Crippen molar-refractivity contribution in [2.24, 2.45) is 11.8 Å². The lowest BCUT2D eigenvalue weighted by molar-refractivity contribution is -0.133. The molecule has 0 N–H and O–H groups in total. The number of likely N-dealkylation sites (tertiary alicyclic amines) is 1. The molecule has 1 amide bonds. The van der Waals surface area contributed by atoms with Crippen molar-refractivity contribution >= 4 is 5.91 Å². The average Bonchev–Trinajstić information content (AvgIpc) is 3.19. The molecule has 4 fully saturated rings. The molecule has 0 aromatic heterocycles. The summed E-state index contributed by atoms with van der Waals surface area (Å²) in [5, 5.41) is 0. The maximum atomic E-state index is 13.2. The Morgan fingerprint density at radius 3 is 2.65 bits per heavy atom. The van der Waals surface area contributed by atoms with Gasteiger partial charge in [-0.25, -0.2) is 0 Å². The first-order valence-electron chi connectivity index (χ1n) is 9.37. The summed E-state index contributed by atoms with van der Waals surface area (Å²) < 4.78 is 0. The van der Waals surface area contributed by atoms with Crippen LogP contribution in [-0.4, -0.2) is 47.9 Å². The van der Waals surface area contributed by atoms with E-state index >= 15 is 0 Å². The first-order valence-corrected chi connectivity index (χ1v) is 9.37. The zero-order chi connectivity index (χ0) is 15.4. The number of amides is 1. The second-order valence-electron chi connectivity index (χ2n) is 8.14. The fourth-order valence-electron chi connectivity index (χ4n) is 5.53. The summed E-state index contributed by atoms with van der Waals surface area (Å²) in [5.74, 6) is 1.89. The molecular weight excluding hydrogens is 284 g/mol. The van der Waals surface area contributed by atoms with Crippen molar-refractivity contribution in [1.82, 2.24) is 9.80 Å². The highest BCUT2D eigenvalue weighted by atomic mass is 16.2. The van der Waals surface area contributed by atoms with Gasteiger partial charge in [-0.05, 0) is 49.6 Å². The Hall–Kier alpha value is -1.35. The highest BCUT2D eigenvalue weighted by Crippen LogP contribution is 2.51. The molecule has 3 saturated heterocycles. The number of rotatable bonds is 2. The van der Waals surface area contributed by atoms with E-state index in [1.807, 2.05) is 6.07 Å². The van der Waals surface area contributed by atoms with E-state index in [9.17, 15) is 4.79 Å². The van der Waals surface area contributed by atoms with Crippen LogP contribution in [0.5, 0.6) is 0 Å².